The van der Waals surface area contributed by atoms with Gasteiger partial charge in [0.2, 0.25) is 0 Å². The van der Waals surface area contributed by atoms with Gasteiger partial charge in [0.05, 0.1) is 0 Å². The quantitative estimate of drug-likeness (QED) is 0.846. The highest BCUT2D eigenvalue weighted by Gasteiger charge is 2.30. The van der Waals surface area contributed by atoms with Crippen molar-refractivity contribution in [2.75, 3.05) is 19.6 Å². The molecule has 1 aliphatic heterocycles. The molecule has 1 saturated carbocycles. The fraction of sp³-hybridized carbons (Fsp3) is 0.647. The maximum atomic E-state index is 13.5. The molecular formula is C17H25FN2O. The van der Waals surface area contributed by atoms with Crippen molar-refractivity contribution in [3.63, 3.8) is 0 Å². The number of benzene rings is 1. The van der Waals surface area contributed by atoms with Crippen LogP contribution in [0.4, 0.5) is 4.39 Å². The van der Waals surface area contributed by atoms with Crippen molar-refractivity contribution in [1.82, 2.24) is 10.2 Å². The van der Waals surface area contributed by atoms with E-state index >= 15 is 0 Å². The summed E-state index contributed by atoms with van der Waals surface area (Å²) in [7, 11) is 0. The Morgan fingerprint density at radius 2 is 2.14 bits per heavy atom. The molecule has 3 rings (SSSR count). The number of nitrogens with zero attached hydrogens (tertiary/aromatic N) is 1. The van der Waals surface area contributed by atoms with E-state index in [-0.39, 0.29) is 17.6 Å². The van der Waals surface area contributed by atoms with Crippen LogP contribution in [-0.2, 0) is 0 Å². The summed E-state index contributed by atoms with van der Waals surface area (Å²) in [6.45, 7) is 5.20. The van der Waals surface area contributed by atoms with Crippen molar-refractivity contribution in [3.8, 4) is 5.75 Å². The van der Waals surface area contributed by atoms with Gasteiger partial charge in [-0.05, 0) is 63.3 Å². The number of halogens is 1. The monoisotopic (exact) mass is 292 g/mol. The molecule has 2 atom stereocenters. The van der Waals surface area contributed by atoms with Gasteiger partial charge in [0.15, 0.2) is 0 Å². The zero-order chi connectivity index (χ0) is 14.8. The van der Waals surface area contributed by atoms with Crippen LogP contribution in [0.15, 0.2) is 18.2 Å². The molecule has 2 unspecified atom stereocenters. The second-order valence-corrected chi connectivity index (χ2v) is 6.57. The van der Waals surface area contributed by atoms with Gasteiger partial charge >= 0.3 is 0 Å². The number of phenolic OH excluding ortho intramolecular Hbond substituents is 1. The van der Waals surface area contributed by atoms with Gasteiger partial charge in [-0.2, -0.15) is 0 Å². The van der Waals surface area contributed by atoms with Crippen molar-refractivity contribution in [1.29, 1.82) is 0 Å². The number of rotatable bonds is 6. The average Bonchev–Trinajstić information content (AvgIpc) is 3.13. The fourth-order valence-corrected chi connectivity index (χ4v) is 3.28. The molecule has 2 N–H and O–H groups in total. The largest absolute Gasteiger partial charge is 0.508 e. The second kappa shape index (κ2) is 6.32. The Labute approximate surface area is 126 Å². The molecule has 0 radical (unpaired) electrons. The highest BCUT2D eigenvalue weighted by Crippen LogP contribution is 2.35. The second-order valence-electron chi connectivity index (χ2n) is 6.57. The Bertz CT molecular complexity index is 484. The third kappa shape index (κ3) is 3.74. The van der Waals surface area contributed by atoms with Crippen molar-refractivity contribution in [2.24, 2.45) is 5.92 Å². The van der Waals surface area contributed by atoms with Crippen LogP contribution in [0.5, 0.6) is 5.75 Å². The molecule has 1 aromatic carbocycles. The lowest BCUT2D eigenvalue weighted by Gasteiger charge is -2.32. The number of phenols is 1. The van der Waals surface area contributed by atoms with E-state index in [4.69, 9.17) is 0 Å². The van der Waals surface area contributed by atoms with Crippen LogP contribution in [0.25, 0.3) is 0 Å². The van der Waals surface area contributed by atoms with Crippen LogP contribution in [0.3, 0.4) is 0 Å². The van der Waals surface area contributed by atoms with Gasteiger partial charge in [0.1, 0.15) is 11.6 Å². The van der Waals surface area contributed by atoms with Crippen LogP contribution in [-0.4, -0.2) is 35.7 Å². The van der Waals surface area contributed by atoms with Crippen molar-refractivity contribution in [3.05, 3.63) is 29.6 Å². The highest BCUT2D eigenvalue weighted by atomic mass is 19.1. The first kappa shape index (κ1) is 14.8. The van der Waals surface area contributed by atoms with Gasteiger partial charge in [-0.25, -0.2) is 4.39 Å². The van der Waals surface area contributed by atoms with Gasteiger partial charge in [-0.15, -0.1) is 0 Å². The van der Waals surface area contributed by atoms with Gasteiger partial charge in [-0.3, -0.25) is 4.90 Å². The number of hydrogen-bond donors (Lipinski definition) is 2. The summed E-state index contributed by atoms with van der Waals surface area (Å²) in [6.07, 6.45) is 5.05. The van der Waals surface area contributed by atoms with E-state index < -0.39 is 0 Å². The van der Waals surface area contributed by atoms with Crippen molar-refractivity contribution in [2.45, 2.75) is 44.7 Å². The molecule has 0 bridgehead atoms. The summed E-state index contributed by atoms with van der Waals surface area (Å²) >= 11 is 0. The molecule has 1 saturated heterocycles. The smallest absolute Gasteiger partial charge is 0.123 e. The third-order valence-electron chi connectivity index (χ3n) is 4.79. The van der Waals surface area contributed by atoms with Gasteiger partial charge < -0.3 is 10.4 Å². The highest BCUT2D eigenvalue weighted by molar-refractivity contribution is 5.35. The third-order valence-corrected chi connectivity index (χ3v) is 4.79. The van der Waals surface area contributed by atoms with Crippen LogP contribution in [0.1, 0.15) is 44.2 Å². The van der Waals surface area contributed by atoms with Crippen LogP contribution < -0.4 is 5.32 Å². The summed E-state index contributed by atoms with van der Waals surface area (Å²) in [5.41, 5.74) is 0.702. The van der Waals surface area contributed by atoms with E-state index in [2.05, 4.69) is 17.1 Å². The van der Waals surface area contributed by atoms with Gasteiger partial charge in [0.25, 0.3) is 0 Å². The topological polar surface area (TPSA) is 35.5 Å². The Morgan fingerprint density at radius 1 is 1.33 bits per heavy atom. The Balaban J connectivity index is 1.74. The summed E-state index contributed by atoms with van der Waals surface area (Å²) in [6, 6.07) is 4.83. The predicted molar refractivity (Wildman–Crippen MR) is 81.8 cm³/mol. The van der Waals surface area contributed by atoms with Gasteiger partial charge in [-0.1, -0.05) is 0 Å². The zero-order valence-corrected chi connectivity index (χ0v) is 12.7. The molecular weight excluding hydrogens is 267 g/mol. The summed E-state index contributed by atoms with van der Waals surface area (Å²) < 4.78 is 13.5. The SMILES string of the molecule is CC(c1cc(F)ccc1O)N(CC1CC1)CC1CCCN1. The normalized spacial score (nSPS) is 23.7. The Kier molecular flexibility index (Phi) is 4.45. The molecule has 1 aliphatic carbocycles. The van der Waals surface area contributed by atoms with E-state index in [9.17, 15) is 9.50 Å². The molecule has 2 fully saturated rings. The first-order valence-electron chi connectivity index (χ1n) is 8.09. The van der Waals surface area contributed by atoms with E-state index in [1.165, 1.54) is 43.9 Å². The number of hydrogen-bond acceptors (Lipinski definition) is 3. The first-order chi connectivity index (χ1) is 10.1. The lowest BCUT2D eigenvalue weighted by Crippen LogP contribution is -2.40. The average molecular weight is 292 g/mol. The minimum Gasteiger partial charge on any atom is -0.508 e. The van der Waals surface area contributed by atoms with Crippen LogP contribution >= 0.6 is 0 Å². The molecule has 3 nitrogen and oxygen atoms in total. The zero-order valence-electron chi connectivity index (χ0n) is 12.7. The molecule has 2 aliphatic rings. The number of nitrogens with one attached hydrogen (secondary N) is 1. The van der Waals surface area contributed by atoms with E-state index in [0.29, 0.717) is 11.6 Å². The minimum atomic E-state index is -0.278. The summed E-state index contributed by atoms with van der Waals surface area (Å²) in [5.74, 6) is 0.702. The lowest BCUT2D eigenvalue weighted by atomic mass is 10.0. The molecule has 0 amide bonds. The first-order valence-corrected chi connectivity index (χ1v) is 8.09. The molecule has 116 valence electrons. The molecule has 4 heteroatoms. The van der Waals surface area contributed by atoms with E-state index in [1.807, 2.05) is 0 Å². The van der Waals surface area contributed by atoms with E-state index in [0.717, 1.165) is 25.6 Å². The Hall–Kier alpha value is -1.13. The fourth-order valence-electron chi connectivity index (χ4n) is 3.28. The number of aromatic hydroxyl groups is 1. The maximum Gasteiger partial charge on any atom is 0.123 e. The van der Waals surface area contributed by atoms with Gasteiger partial charge in [0, 0.05) is 30.7 Å². The summed E-state index contributed by atoms with van der Waals surface area (Å²) in [5, 5.41) is 13.6. The van der Waals surface area contributed by atoms with E-state index in [1.54, 1.807) is 0 Å². The molecule has 1 aromatic rings. The lowest BCUT2D eigenvalue weighted by molar-refractivity contribution is 0.181. The standard InChI is InChI=1S/C17H25FN2O/c1-12(16-9-14(18)6-7-17(16)21)20(10-13-4-5-13)11-15-3-2-8-19-15/h6-7,9,12-13,15,19,21H,2-5,8,10-11H2,1H3. The summed E-state index contributed by atoms with van der Waals surface area (Å²) in [4.78, 5) is 2.41. The molecule has 21 heavy (non-hydrogen) atoms. The predicted octanol–water partition coefficient (Wildman–Crippen LogP) is 3.06. The minimum absolute atomic E-state index is 0.0451. The van der Waals surface area contributed by atoms with Crippen LogP contribution in [0.2, 0.25) is 0 Å². The molecule has 0 aromatic heterocycles. The van der Waals surface area contributed by atoms with Crippen molar-refractivity contribution < 1.29 is 9.50 Å². The van der Waals surface area contributed by atoms with Crippen LogP contribution in [0, 0.1) is 11.7 Å². The van der Waals surface area contributed by atoms with Crippen molar-refractivity contribution >= 4 is 0 Å². The Morgan fingerprint density at radius 3 is 2.81 bits per heavy atom. The molecule has 0 spiro atoms. The maximum absolute atomic E-state index is 13.5. The molecule has 1 heterocycles.